The largest absolute Gasteiger partial charge is 0.482 e. The lowest BCUT2D eigenvalue weighted by atomic mass is 10.3. The van der Waals surface area contributed by atoms with Gasteiger partial charge in [-0.1, -0.05) is 23.7 Å². The lowest BCUT2D eigenvalue weighted by molar-refractivity contribution is -0.123. The van der Waals surface area contributed by atoms with Crippen LogP contribution in [0.5, 0.6) is 5.75 Å². The number of hydrazine groups is 1. The van der Waals surface area contributed by atoms with Gasteiger partial charge in [0.2, 0.25) is 0 Å². The summed E-state index contributed by atoms with van der Waals surface area (Å²) in [7, 11) is 4.02. The molecule has 1 aromatic carbocycles. The summed E-state index contributed by atoms with van der Waals surface area (Å²) in [5.41, 5.74) is 5.07. The lowest BCUT2D eigenvalue weighted by Crippen LogP contribution is -2.48. The molecule has 3 N–H and O–H groups in total. The number of halogens is 1. The molecule has 0 aliphatic heterocycles. The topological polar surface area (TPSA) is 65.6 Å². The molecular weight excluding hydrogens is 324 g/mol. The average molecular weight is 345 g/mol. The molecule has 0 aromatic heterocycles. The summed E-state index contributed by atoms with van der Waals surface area (Å²) in [4.78, 5) is 13.7. The molecule has 122 valence electrons. The van der Waals surface area contributed by atoms with Gasteiger partial charge >= 0.3 is 0 Å². The highest BCUT2D eigenvalue weighted by molar-refractivity contribution is 7.80. The van der Waals surface area contributed by atoms with E-state index in [1.165, 1.54) is 0 Å². The molecule has 1 amide bonds. The van der Waals surface area contributed by atoms with Crippen LogP contribution in [0.25, 0.3) is 0 Å². The zero-order valence-corrected chi connectivity index (χ0v) is 14.3. The number of nitrogens with zero attached hydrogens (tertiary/aromatic N) is 1. The van der Waals surface area contributed by atoms with E-state index >= 15 is 0 Å². The molecule has 0 aliphatic carbocycles. The Morgan fingerprint density at radius 2 is 2.05 bits per heavy atom. The van der Waals surface area contributed by atoms with Crippen molar-refractivity contribution in [2.24, 2.45) is 0 Å². The molecule has 0 saturated heterocycles. The Balaban J connectivity index is 2.15. The highest BCUT2D eigenvalue weighted by Crippen LogP contribution is 2.22. The molecule has 0 aliphatic rings. The van der Waals surface area contributed by atoms with E-state index < -0.39 is 0 Å². The van der Waals surface area contributed by atoms with Crippen molar-refractivity contribution >= 4 is 34.8 Å². The van der Waals surface area contributed by atoms with Crippen molar-refractivity contribution in [3.63, 3.8) is 0 Å². The number of amides is 1. The van der Waals surface area contributed by atoms with E-state index in [-0.39, 0.29) is 12.5 Å². The predicted molar refractivity (Wildman–Crippen MR) is 92.0 cm³/mol. The van der Waals surface area contributed by atoms with E-state index in [9.17, 15) is 4.79 Å². The summed E-state index contributed by atoms with van der Waals surface area (Å²) in [6.45, 7) is 1.55. The second-order valence-electron chi connectivity index (χ2n) is 4.81. The highest BCUT2D eigenvalue weighted by Gasteiger charge is 2.05. The van der Waals surface area contributed by atoms with Crippen molar-refractivity contribution in [3.8, 4) is 5.75 Å². The maximum atomic E-state index is 11.6. The molecule has 6 nitrogen and oxygen atoms in total. The Kier molecular flexibility index (Phi) is 8.57. The molecule has 1 rings (SSSR count). The molecule has 0 atom stereocenters. The number of thiocarbonyl (C=S) groups is 1. The van der Waals surface area contributed by atoms with E-state index in [4.69, 9.17) is 28.6 Å². The van der Waals surface area contributed by atoms with Gasteiger partial charge < -0.3 is 15.0 Å². The van der Waals surface area contributed by atoms with Crippen molar-refractivity contribution < 1.29 is 9.53 Å². The van der Waals surface area contributed by atoms with E-state index in [1.807, 2.05) is 14.1 Å². The van der Waals surface area contributed by atoms with Crippen LogP contribution in [0.4, 0.5) is 0 Å². The zero-order valence-electron chi connectivity index (χ0n) is 12.7. The molecule has 0 unspecified atom stereocenters. The van der Waals surface area contributed by atoms with E-state index in [1.54, 1.807) is 24.3 Å². The summed E-state index contributed by atoms with van der Waals surface area (Å²) >= 11 is 11.0. The van der Waals surface area contributed by atoms with Crippen molar-refractivity contribution in [1.29, 1.82) is 0 Å². The number of carbonyl (C=O) groups excluding carboxylic acids is 1. The molecule has 0 fully saturated rings. The van der Waals surface area contributed by atoms with Gasteiger partial charge in [-0.15, -0.1) is 0 Å². The molecule has 22 heavy (non-hydrogen) atoms. The lowest BCUT2D eigenvalue weighted by Gasteiger charge is -2.13. The fraction of sp³-hybridized carbons (Fsp3) is 0.429. The van der Waals surface area contributed by atoms with Crippen molar-refractivity contribution in [1.82, 2.24) is 21.1 Å². The normalized spacial score (nSPS) is 10.2. The fourth-order valence-corrected chi connectivity index (χ4v) is 1.85. The Morgan fingerprint density at radius 3 is 2.73 bits per heavy atom. The Bertz CT molecular complexity index is 499. The van der Waals surface area contributed by atoms with Crippen LogP contribution in [0, 0.1) is 0 Å². The van der Waals surface area contributed by atoms with Gasteiger partial charge in [-0.2, -0.15) is 0 Å². The van der Waals surface area contributed by atoms with Crippen LogP contribution in [0.15, 0.2) is 24.3 Å². The molecule has 1 aromatic rings. The molecule has 8 heteroatoms. The minimum atomic E-state index is -0.350. The van der Waals surface area contributed by atoms with Crippen molar-refractivity contribution in [3.05, 3.63) is 29.3 Å². The summed E-state index contributed by atoms with van der Waals surface area (Å²) in [6, 6.07) is 6.96. The molecule has 0 radical (unpaired) electrons. The summed E-state index contributed by atoms with van der Waals surface area (Å²) in [6.07, 6.45) is 0.957. The van der Waals surface area contributed by atoms with Gasteiger partial charge in [-0.05, 0) is 51.4 Å². The first-order valence-corrected chi connectivity index (χ1v) is 7.62. The standard InChI is InChI=1S/C14H21ClN4O2S/c1-19(2)9-5-8-16-14(22)18-17-13(20)10-21-12-7-4-3-6-11(12)15/h3-4,6-7H,5,8-10H2,1-2H3,(H,17,20)(H2,16,18,22). The van der Waals surface area contributed by atoms with Crippen molar-refractivity contribution in [2.45, 2.75) is 6.42 Å². The van der Waals surface area contributed by atoms with Crippen LogP contribution in [0.3, 0.4) is 0 Å². The maximum absolute atomic E-state index is 11.6. The van der Waals surface area contributed by atoms with Crippen molar-refractivity contribution in [2.75, 3.05) is 33.8 Å². The first-order chi connectivity index (χ1) is 10.5. The zero-order chi connectivity index (χ0) is 16.4. The third kappa shape index (κ3) is 8.02. The van der Waals surface area contributed by atoms with Crippen LogP contribution in [-0.4, -0.2) is 49.7 Å². The second kappa shape index (κ2) is 10.2. The molecule has 0 saturated carbocycles. The Labute approximate surface area is 141 Å². The smallest absolute Gasteiger partial charge is 0.276 e. The molecular formula is C14H21ClN4O2S. The Morgan fingerprint density at radius 1 is 1.32 bits per heavy atom. The predicted octanol–water partition coefficient (Wildman–Crippen LogP) is 1.17. The van der Waals surface area contributed by atoms with Crippen LogP contribution in [0.1, 0.15) is 6.42 Å². The van der Waals surface area contributed by atoms with E-state index in [0.29, 0.717) is 15.9 Å². The SMILES string of the molecule is CN(C)CCCNC(=S)NNC(=O)COc1ccccc1Cl. The summed E-state index contributed by atoms with van der Waals surface area (Å²) in [5, 5.41) is 3.82. The maximum Gasteiger partial charge on any atom is 0.276 e. The van der Waals surface area contributed by atoms with Crippen LogP contribution in [-0.2, 0) is 4.79 Å². The van der Waals surface area contributed by atoms with Gasteiger partial charge in [-0.3, -0.25) is 15.6 Å². The number of carbonyl (C=O) groups is 1. The minimum Gasteiger partial charge on any atom is -0.482 e. The number of hydrogen-bond acceptors (Lipinski definition) is 4. The number of para-hydroxylation sites is 1. The van der Waals surface area contributed by atoms with Gasteiger partial charge in [0.15, 0.2) is 11.7 Å². The van der Waals surface area contributed by atoms with Gasteiger partial charge in [0.25, 0.3) is 5.91 Å². The van der Waals surface area contributed by atoms with Gasteiger partial charge in [-0.25, -0.2) is 0 Å². The second-order valence-corrected chi connectivity index (χ2v) is 5.62. The van der Waals surface area contributed by atoms with Crippen LogP contribution in [0.2, 0.25) is 5.02 Å². The third-order valence-electron chi connectivity index (χ3n) is 2.58. The molecule has 0 heterocycles. The van der Waals surface area contributed by atoms with E-state index in [0.717, 1.165) is 19.5 Å². The van der Waals surface area contributed by atoms with Gasteiger partial charge in [0, 0.05) is 6.54 Å². The first kappa shape index (κ1) is 18.5. The molecule has 0 spiro atoms. The van der Waals surface area contributed by atoms with Crippen LogP contribution < -0.4 is 20.9 Å². The number of nitrogens with one attached hydrogen (secondary N) is 3. The Hall–Kier alpha value is -1.57. The number of benzene rings is 1. The quantitative estimate of drug-likeness (QED) is 0.392. The van der Waals surface area contributed by atoms with Gasteiger partial charge in [0.1, 0.15) is 5.75 Å². The fourth-order valence-electron chi connectivity index (χ4n) is 1.51. The van der Waals surface area contributed by atoms with E-state index in [2.05, 4.69) is 21.1 Å². The average Bonchev–Trinajstić information content (AvgIpc) is 2.48. The highest BCUT2D eigenvalue weighted by atomic mass is 35.5. The monoisotopic (exact) mass is 344 g/mol. The summed E-state index contributed by atoms with van der Waals surface area (Å²) in [5.74, 6) is 0.112. The minimum absolute atomic E-state index is 0.153. The van der Waals surface area contributed by atoms with Crippen LogP contribution >= 0.6 is 23.8 Å². The summed E-state index contributed by atoms with van der Waals surface area (Å²) < 4.78 is 5.30. The number of ether oxygens (including phenoxy) is 1. The third-order valence-corrected chi connectivity index (χ3v) is 3.14. The van der Waals surface area contributed by atoms with Gasteiger partial charge in [0.05, 0.1) is 5.02 Å². The first-order valence-electron chi connectivity index (χ1n) is 6.84. The number of hydrogen-bond donors (Lipinski definition) is 3. The molecule has 0 bridgehead atoms. The number of rotatable bonds is 7.